The minimum atomic E-state index is -0.214. The molecule has 1 saturated heterocycles. The van der Waals surface area contributed by atoms with Crippen molar-refractivity contribution in [2.45, 2.75) is 19.5 Å². The van der Waals surface area contributed by atoms with Crippen LogP contribution < -0.4 is 10.2 Å². The van der Waals surface area contributed by atoms with Crippen molar-refractivity contribution in [3.63, 3.8) is 0 Å². The highest BCUT2D eigenvalue weighted by Gasteiger charge is 2.18. The van der Waals surface area contributed by atoms with Gasteiger partial charge in [-0.05, 0) is 43.8 Å². The van der Waals surface area contributed by atoms with Crippen LogP contribution in [-0.4, -0.2) is 50.2 Å². The number of morpholine rings is 1. The summed E-state index contributed by atoms with van der Waals surface area (Å²) >= 11 is 0. The molecule has 0 radical (unpaired) electrons. The topological polar surface area (TPSA) is 44.8 Å². The van der Waals surface area contributed by atoms with Crippen LogP contribution in [0.4, 0.5) is 11.4 Å². The van der Waals surface area contributed by atoms with Gasteiger partial charge in [0.1, 0.15) is 0 Å². The number of rotatable bonds is 6. The molecule has 1 aliphatic rings. The van der Waals surface area contributed by atoms with Gasteiger partial charge in [0.25, 0.3) is 0 Å². The smallest absolute Gasteiger partial charge is 0.241 e. The quantitative estimate of drug-likeness (QED) is 0.867. The first kappa shape index (κ1) is 18.4. The molecule has 0 spiro atoms. The van der Waals surface area contributed by atoms with Crippen molar-refractivity contribution in [1.82, 2.24) is 4.90 Å². The lowest BCUT2D eigenvalue weighted by molar-refractivity contribution is -0.120. The monoisotopic (exact) mass is 353 g/mol. The highest BCUT2D eigenvalue weighted by Crippen LogP contribution is 2.19. The fourth-order valence-electron chi connectivity index (χ4n) is 3.03. The van der Waals surface area contributed by atoms with Gasteiger partial charge in [0.15, 0.2) is 0 Å². The van der Waals surface area contributed by atoms with Gasteiger partial charge in [-0.3, -0.25) is 9.69 Å². The number of benzene rings is 2. The summed E-state index contributed by atoms with van der Waals surface area (Å²) in [6.45, 7) is 6.03. The van der Waals surface area contributed by atoms with E-state index in [4.69, 9.17) is 4.74 Å². The van der Waals surface area contributed by atoms with Gasteiger partial charge in [-0.25, -0.2) is 0 Å². The molecule has 2 aromatic rings. The summed E-state index contributed by atoms with van der Waals surface area (Å²) in [7, 11) is 1.97. The zero-order valence-electron chi connectivity index (χ0n) is 15.5. The first-order chi connectivity index (χ1) is 12.6. The van der Waals surface area contributed by atoms with Gasteiger partial charge in [-0.1, -0.05) is 30.3 Å². The van der Waals surface area contributed by atoms with E-state index in [-0.39, 0.29) is 11.9 Å². The molecule has 138 valence electrons. The third kappa shape index (κ3) is 4.84. The summed E-state index contributed by atoms with van der Waals surface area (Å²) in [6.07, 6.45) is 0. The summed E-state index contributed by atoms with van der Waals surface area (Å²) in [5.41, 5.74) is 3.19. The van der Waals surface area contributed by atoms with E-state index < -0.39 is 0 Å². The predicted octanol–water partition coefficient (Wildman–Crippen LogP) is 2.98. The Hall–Kier alpha value is -2.37. The molecule has 0 saturated carbocycles. The number of nitrogens with zero attached hydrogens (tertiary/aromatic N) is 2. The number of hydrogen-bond donors (Lipinski definition) is 1. The molecule has 5 heteroatoms. The number of hydrogen-bond acceptors (Lipinski definition) is 4. The van der Waals surface area contributed by atoms with Gasteiger partial charge in [0.05, 0.1) is 19.3 Å². The van der Waals surface area contributed by atoms with E-state index in [9.17, 15) is 4.79 Å². The minimum Gasteiger partial charge on any atom is -0.378 e. The Labute approximate surface area is 155 Å². The van der Waals surface area contributed by atoms with Crippen LogP contribution in [-0.2, 0) is 16.1 Å². The van der Waals surface area contributed by atoms with E-state index >= 15 is 0 Å². The van der Waals surface area contributed by atoms with E-state index in [0.29, 0.717) is 0 Å². The van der Waals surface area contributed by atoms with E-state index in [1.807, 2.05) is 49.2 Å². The first-order valence-electron chi connectivity index (χ1n) is 9.11. The molecule has 1 heterocycles. The normalized spacial score (nSPS) is 15.7. The molecule has 2 aromatic carbocycles. The van der Waals surface area contributed by atoms with Crippen LogP contribution in [0.3, 0.4) is 0 Å². The van der Waals surface area contributed by atoms with Gasteiger partial charge >= 0.3 is 0 Å². The largest absolute Gasteiger partial charge is 0.378 e. The van der Waals surface area contributed by atoms with Gasteiger partial charge in [0.2, 0.25) is 5.91 Å². The average molecular weight is 353 g/mol. The second-order valence-electron chi connectivity index (χ2n) is 6.71. The molecule has 0 aliphatic carbocycles. The number of anilines is 2. The molecule has 1 aliphatic heterocycles. The Balaban J connectivity index is 1.54. The maximum absolute atomic E-state index is 12.6. The van der Waals surface area contributed by atoms with Gasteiger partial charge in [0, 0.05) is 31.0 Å². The number of amides is 1. The highest BCUT2D eigenvalue weighted by atomic mass is 16.5. The Kier molecular flexibility index (Phi) is 6.26. The molecule has 1 fully saturated rings. The molecule has 1 atom stereocenters. The lowest BCUT2D eigenvalue weighted by atomic mass is 10.2. The lowest BCUT2D eigenvalue weighted by Gasteiger charge is -2.29. The number of ether oxygens (including phenoxy) is 1. The van der Waals surface area contributed by atoms with Crippen molar-refractivity contribution in [2.24, 2.45) is 0 Å². The van der Waals surface area contributed by atoms with Gasteiger partial charge < -0.3 is 15.0 Å². The molecule has 1 amide bonds. The Morgan fingerprint density at radius 2 is 1.77 bits per heavy atom. The maximum Gasteiger partial charge on any atom is 0.241 e. The fourth-order valence-corrected chi connectivity index (χ4v) is 3.03. The van der Waals surface area contributed by atoms with Crippen molar-refractivity contribution in [3.8, 4) is 0 Å². The molecule has 1 N–H and O–H groups in total. The molecule has 0 bridgehead atoms. The zero-order valence-corrected chi connectivity index (χ0v) is 15.5. The van der Waals surface area contributed by atoms with Crippen molar-refractivity contribution < 1.29 is 9.53 Å². The number of carbonyl (C=O) groups excluding carboxylic acids is 1. The Bertz CT molecular complexity index is 697. The minimum absolute atomic E-state index is 0.00236. The van der Waals surface area contributed by atoms with E-state index in [2.05, 4.69) is 34.5 Å². The van der Waals surface area contributed by atoms with Crippen LogP contribution >= 0.6 is 0 Å². The Morgan fingerprint density at radius 1 is 1.12 bits per heavy atom. The van der Waals surface area contributed by atoms with Gasteiger partial charge in [-0.15, -0.1) is 0 Å². The Morgan fingerprint density at radius 3 is 2.42 bits per heavy atom. The average Bonchev–Trinajstić information content (AvgIpc) is 2.69. The van der Waals surface area contributed by atoms with E-state index in [1.165, 1.54) is 11.3 Å². The van der Waals surface area contributed by atoms with E-state index in [1.54, 1.807) is 0 Å². The van der Waals surface area contributed by atoms with Crippen LogP contribution in [0.2, 0.25) is 0 Å². The highest BCUT2D eigenvalue weighted by molar-refractivity contribution is 5.94. The third-order valence-electron chi connectivity index (χ3n) is 4.83. The standard InChI is InChI=1S/C21H27N3O2/c1-17(23(2)16-18-6-4-3-5-7-18)21(25)22-19-8-10-20(11-9-19)24-12-14-26-15-13-24/h3-11,17H,12-16H2,1-2H3,(H,22,25). The van der Waals surface area contributed by atoms with Crippen LogP contribution in [0.15, 0.2) is 54.6 Å². The van der Waals surface area contributed by atoms with Crippen LogP contribution in [0.5, 0.6) is 0 Å². The molecular weight excluding hydrogens is 326 g/mol. The molecule has 3 rings (SSSR count). The molecule has 0 aromatic heterocycles. The summed E-state index contributed by atoms with van der Waals surface area (Å²) in [5.74, 6) is 0.00236. The number of likely N-dealkylation sites (N-methyl/N-ethyl adjacent to an activating group) is 1. The lowest BCUT2D eigenvalue weighted by Crippen LogP contribution is -2.39. The number of carbonyl (C=O) groups is 1. The fraction of sp³-hybridized carbons (Fsp3) is 0.381. The maximum atomic E-state index is 12.6. The summed E-state index contributed by atoms with van der Waals surface area (Å²) in [5, 5.41) is 3.01. The summed E-state index contributed by atoms with van der Waals surface area (Å²) < 4.78 is 5.39. The predicted molar refractivity (Wildman–Crippen MR) is 105 cm³/mol. The third-order valence-corrected chi connectivity index (χ3v) is 4.83. The number of nitrogens with one attached hydrogen (secondary N) is 1. The van der Waals surface area contributed by atoms with Crippen molar-refractivity contribution in [1.29, 1.82) is 0 Å². The van der Waals surface area contributed by atoms with Crippen molar-refractivity contribution >= 4 is 17.3 Å². The van der Waals surface area contributed by atoms with Crippen molar-refractivity contribution in [3.05, 3.63) is 60.2 Å². The first-order valence-corrected chi connectivity index (χ1v) is 9.11. The zero-order chi connectivity index (χ0) is 18.4. The second-order valence-corrected chi connectivity index (χ2v) is 6.71. The van der Waals surface area contributed by atoms with Crippen LogP contribution in [0.25, 0.3) is 0 Å². The molecule has 26 heavy (non-hydrogen) atoms. The molecular formula is C21H27N3O2. The molecule has 5 nitrogen and oxygen atoms in total. The van der Waals surface area contributed by atoms with Crippen molar-refractivity contribution in [2.75, 3.05) is 43.6 Å². The summed E-state index contributed by atoms with van der Waals surface area (Å²) in [4.78, 5) is 16.9. The van der Waals surface area contributed by atoms with Crippen LogP contribution in [0, 0.1) is 0 Å². The van der Waals surface area contributed by atoms with E-state index in [0.717, 1.165) is 38.5 Å². The van der Waals surface area contributed by atoms with Crippen LogP contribution in [0.1, 0.15) is 12.5 Å². The van der Waals surface area contributed by atoms with Gasteiger partial charge in [-0.2, -0.15) is 0 Å². The SMILES string of the molecule is CC(C(=O)Nc1ccc(N2CCOCC2)cc1)N(C)Cc1ccccc1. The molecule has 1 unspecified atom stereocenters. The summed E-state index contributed by atoms with van der Waals surface area (Å²) in [6, 6.07) is 18.0. The second kappa shape index (κ2) is 8.83.